The molecule has 0 unspecified atom stereocenters. The molecule has 13 aromatic rings. The van der Waals surface area contributed by atoms with E-state index >= 15 is 0 Å². The molecule has 4 heterocycles. The van der Waals surface area contributed by atoms with E-state index < -0.39 is 0 Å². The number of nitriles is 1. The Morgan fingerprint density at radius 1 is 0.323 bits per heavy atom. The lowest BCUT2D eigenvalue weighted by atomic mass is 10.0. The number of hydrogen-bond acceptors (Lipinski definition) is 4. The van der Waals surface area contributed by atoms with E-state index in [1.54, 1.807) is 0 Å². The van der Waals surface area contributed by atoms with Crippen LogP contribution in [0.25, 0.3) is 117 Å². The summed E-state index contributed by atoms with van der Waals surface area (Å²) in [5.74, 6) is 1.85. The van der Waals surface area contributed by atoms with Gasteiger partial charge in [-0.05, 0) is 72.8 Å². The molecule has 302 valence electrons. The van der Waals surface area contributed by atoms with Crippen LogP contribution in [0, 0.1) is 11.3 Å². The second-order valence-electron chi connectivity index (χ2n) is 16.3. The fourth-order valence-corrected chi connectivity index (χ4v) is 9.94. The van der Waals surface area contributed by atoms with Gasteiger partial charge in [0.05, 0.1) is 44.7 Å². The third-order valence-corrected chi connectivity index (χ3v) is 12.7. The van der Waals surface area contributed by atoms with Gasteiger partial charge in [0.2, 0.25) is 0 Å². The van der Waals surface area contributed by atoms with Crippen molar-refractivity contribution in [1.29, 1.82) is 5.26 Å². The highest BCUT2D eigenvalue weighted by Crippen LogP contribution is 2.50. The van der Waals surface area contributed by atoms with E-state index in [2.05, 4.69) is 153 Å². The summed E-state index contributed by atoms with van der Waals surface area (Å²) in [6.45, 7) is 0. The Morgan fingerprint density at radius 2 is 0.677 bits per heavy atom. The second kappa shape index (κ2) is 14.5. The fourth-order valence-electron chi connectivity index (χ4n) is 9.94. The van der Waals surface area contributed by atoms with E-state index in [-0.39, 0.29) is 0 Å². The van der Waals surface area contributed by atoms with Crippen molar-refractivity contribution < 1.29 is 0 Å². The summed E-state index contributed by atoms with van der Waals surface area (Å²) >= 11 is 0. The van der Waals surface area contributed by atoms with Crippen molar-refractivity contribution in [2.75, 3.05) is 0 Å². The average molecular weight is 830 g/mol. The Hall–Kier alpha value is -9.12. The maximum atomic E-state index is 10.2. The lowest BCUT2D eigenvalue weighted by Crippen LogP contribution is -2.00. The third-order valence-electron chi connectivity index (χ3n) is 12.7. The van der Waals surface area contributed by atoms with Crippen molar-refractivity contribution in [3.05, 3.63) is 218 Å². The molecule has 4 aromatic heterocycles. The molecule has 0 atom stereocenters. The van der Waals surface area contributed by atoms with Gasteiger partial charge in [-0.1, -0.05) is 140 Å². The largest absolute Gasteiger partial charge is 0.308 e. The van der Waals surface area contributed by atoms with Crippen LogP contribution in [0.4, 0.5) is 0 Å². The molecule has 0 spiro atoms. The Morgan fingerprint density at radius 3 is 1.12 bits per heavy atom. The summed E-state index contributed by atoms with van der Waals surface area (Å²) in [7, 11) is 0. The van der Waals surface area contributed by atoms with Crippen LogP contribution in [-0.2, 0) is 0 Å². The molecule has 0 aliphatic heterocycles. The van der Waals surface area contributed by atoms with Crippen LogP contribution in [0.15, 0.2) is 212 Å². The smallest absolute Gasteiger partial charge is 0.164 e. The Bertz CT molecular complexity index is 3990. The van der Waals surface area contributed by atoms with Crippen molar-refractivity contribution in [2.45, 2.75) is 0 Å². The van der Waals surface area contributed by atoms with Crippen molar-refractivity contribution >= 4 is 65.4 Å². The number of benzene rings is 9. The topological polar surface area (TPSA) is 77.2 Å². The maximum Gasteiger partial charge on any atom is 0.164 e. The fraction of sp³-hybridized carbons (Fsp3) is 0. The Kier molecular flexibility index (Phi) is 8.14. The third kappa shape index (κ3) is 5.58. The Labute approximate surface area is 373 Å². The van der Waals surface area contributed by atoms with Gasteiger partial charge in [0, 0.05) is 66.1 Å². The Balaban J connectivity index is 1.16. The van der Waals surface area contributed by atoms with Crippen LogP contribution in [-0.4, -0.2) is 28.7 Å². The molecule has 65 heavy (non-hydrogen) atoms. The number of hydrogen-bond donors (Lipinski definition) is 0. The van der Waals surface area contributed by atoms with Crippen molar-refractivity contribution in [2.24, 2.45) is 0 Å². The summed E-state index contributed by atoms with van der Waals surface area (Å²) in [4.78, 5) is 15.0. The van der Waals surface area contributed by atoms with Crippen LogP contribution in [0.5, 0.6) is 0 Å². The summed E-state index contributed by atoms with van der Waals surface area (Å²) in [5.41, 5.74) is 13.0. The molecule has 0 aliphatic rings. The van der Waals surface area contributed by atoms with E-state index in [1.807, 2.05) is 78.9 Å². The molecule has 0 aliphatic carbocycles. The lowest BCUT2D eigenvalue weighted by molar-refractivity contribution is 1.07. The monoisotopic (exact) mass is 829 g/mol. The van der Waals surface area contributed by atoms with E-state index in [1.165, 1.54) is 5.39 Å². The van der Waals surface area contributed by atoms with Gasteiger partial charge < -0.3 is 13.7 Å². The van der Waals surface area contributed by atoms with Gasteiger partial charge in [0.15, 0.2) is 17.5 Å². The minimum absolute atomic E-state index is 0.602. The predicted octanol–water partition coefficient (Wildman–Crippen LogP) is 14.0. The van der Waals surface area contributed by atoms with Gasteiger partial charge in [-0.2, -0.15) is 5.26 Å². The first kappa shape index (κ1) is 36.5. The van der Waals surface area contributed by atoms with E-state index in [4.69, 9.17) is 15.0 Å². The average Bonchev–Trinajstić information content (AvgIpc) is 4.03. The van der Waals surface area contributed by atoms with Gasteiger partial charge in [0.25, 0.3) is 0 Å². The van der Waals surface area contributed by atoms with E-state index in [0.717, 1.165) is 93.8 Å². The molecule has 0 N–H and O–H groups in total. The quantitative estimate of drug-likeness (QED) is 0.167. The molecule has 0 fully saturated rings. The molecule has 0 amide bonds. The number of aromatic nitrogens is 6. The first-order chi connectivity index (χ1) is 32.2. The first-order valence-electron chi connectivity index (χ1n) is 21.7. The molecule has 0 saturated carbocycles. The molecular formula is C58H35N7. The second-order valence-corrected chi connectivity index (χ2v) is 16.3. The SMILES string of the molecule is N#Cc1cccc(-n2c3ccccc3c3c4c(c5ccccc5n4-c4ccccc4)c4c(c5ccccc5n4-c4ccc(-c5nc(-c6ccccc6)nc(-c6ccccc6)n5)cc4)c32)c1. The van der Waals surface area contributed by atoms with Gasteiger partial charge in [-0.25, -0.2) is 15.0 Å². The molecule has 7 heteroatoms. The number of nitrogens with zero attached hydrogens (tertiary/aromatic N) is 7. The molecule has 0 saturated heterocycles. The zero-order chi connectivity index (χ0) is 43.0. The molecule has 9 aromatic carbocycles. The van der Waals surface area contributed by atoms with Gasteiger partial charge >= 0.3 is 0 Å². The highest BCUT2D eigenvalue weighted by molar-refractivity contribution is 6.40. The van der Waals surface area contributed by atoms with Gasteiger partial charge in [-0.3, -0.25) is 0 Å². The highest BCUT2D eigenvalue weighted by atomic mass is 15.1. The maximum absolute atomic E-state index is 10.2. The van der Waals surface area contributed by atoms with E-state index in [0.29, 0.717) is 23.0 Å². The van der Waals surface area contributed by atoms with Crippen molar-refractivity contribution in [3.8, 4) is 57.3 Å². The van der Waals surface area contributed by atoms with Crippen LogP contribution < -0.4 is 0 Å². The standard InChI is InChI=1S/C58H35N7/c59-36-37-17-16-24-43(35-37)65-49-30-15-12-27-46(49)52-53-50(44-25-10-13-28-47(44)63(53)41-22-8-3-9-23-41)54-51(55(52)65)45-26-11-14-29-48(45)64(54)42-33-31-40(32-34-42)58-61-56(38-18-4-1-5-19-38)60-57(62-58)39-20-6-2-7-21-39/h1-35H. The van der Waals surface area contributed by atoms with Gasteiger partial charge in [0.1, 0.15) is 0 Å². The van der Waals surface area contributed by atoms with Crippen LogP contribution in [0.2, 0.25) is 0 Å². The minimum Gasteiger partial charge on any atom is -0.308 e. The van der Waals surface area contributed by atoms with Crippen LogP contribution >= 0.6 is 0 Å². The summed E-state index contributed by atoms with van der Waals surface area (Å²) in [5, 5.41) is 17.1. The van der Waals surface area contributed by atoms with Gasteiger partial charge in [-0.15, -0.1) is 0 Å². The van der Waals surface area contributed by atoms with Crippen molar-refractivity contribution in [3.63, 3.8) is 0 Å². The van der Waals surface area contributed by atoms with Crippen LogP contribution in [0.1, 0.15) is 5.56 Å². The lowest BCUT2D eigenvalue weighted by Gasteiger charge is -2.14. The number of rotatable bonds is 6. The number of para-hydroxylation sites is 4. The molecule has 0 bridgehead atoms. The normalized spacial score (nSPS) is 11.7. The minimum atomic E-state index is 0.602. The molecular weight excluding hydrogens is 795 g/mol. The van der Waals surface area contributed by atoms with Crippen molar-refractivity contribution in [1.82, 2.24) is 28.7 Å². The first-order valence-corrected chi connectivity index (χ1v) is 21.7. The molecule has 0 radical (unpaired) electrons. The highest BCUT2D eigenvalue weighted by Gasteiger charge is 2.29. The summed E-state index contributed by atoms with van der Waals surface area (Å²) in [6.07, 6.45) is 0. The summed E-state index contributed by atoms with van der Waals surface area (Å²) in [6, 6.07) is 76.0. The van der Waals surface area contributed by atoms with E-state index in [9.17, 15) is 5.26 Å². The summed E-state index contributed by atoms with van der Waals surface area (Å²) < 4.78 is 7.24. The zero-order valence-electron chi connectivity index (χ0n) is 34.8. The predicted molar refractivity (Wildman–Crippen MR) is 264 cm³/mol. The zero-order valence-corrected chi connectivity index (χ0v) is 34.8. The number of fused-ring (bicyclic) bond motifs is 12. The van der Waals surface area contributed by atoms with Crippen LogP contribution in [0.3, 0.4) is 0 Å². The molecule has 7 nitrogen and oxygen atoms in total. The molecule has 13 rings (SSSR count).